The van der Waals surface area contributed by atoms with Gasteiger partial charge >= 0.3 is 0 Å². The van der Waals surface area contributed by atoms with E-state index in [0.29, 0.717) is 13.2 Å². The zero-order valence-corrected chi connectivity index (χ0v) is 12.1. The monoisotopic (exact) mass is 277 g/mol. The second kappa shape index (κ2) is 8.02. The molecule has 4 heteroatoms. The van der Waals surface area contributed by atoms with Gasteiger partial charge in [-0.25, -0.2) is 0 Å². The number of amides is 1. The van der Waals surface area contributed by atoms with E-state index in [9.17, 15) is 4.79 Å². The quantitative estimate of drug-likeness (QED) is 0.830. The van der Waals surface area contributed by atoms with Crippen LogP contribution in [0.1, 0.15) is 30.9 Å². The molecule has 0 aromatic heterocycles. The minimum Gasteiger partial charge on any atom is -0.376 e. The van der Waals surface area contributed by atoms with E-state index >= 15 is 0 Å². The van der Waals surface area contributed by atoms with Crippen molar-refractivity contribution in [3.05, 3.63) is 35.4 Å². The summed E-state index contributed by atoms with van der Waals surface area (Å²) < 4.78 is 10.8. The van der Waals surface area contributed by atoms with Crippen LogP contribution in [0.2, 0.25) is 0 Å². The number of aryl methyl sites for hydroxylation is 1. The largest absolute Gasteiger partial charge is 0.376 e. The Hall–Kier alpha value is -1.39. The highest BCUT2D eigenvalue weighted by atomic mass is 16.5. The summed E-state index contributed by atoms with van der Waals surface area (Å²) in [6.45, 7) is 4.11. The first-order chi connectivity index (χ1) is 9.79. The van der Waals surface area contributed by atoms with Crippen LogP contribution in [-0.4, -0.2) is 31.8 Å². The minimum absolute atomic E-state index is 0.0751. The maximum atomic E-state index is 11.7. The van der Waals surface area contributed by atoms with Gasteiger partial charge in [-0.15, -0.1) is 0 Å². The summed E-state index contributed by atoms with van der Waals surface area (Å²) in [4.78, 5) is 11.7. The molecule has 110 valence electrons. The predicted molar refractivity (Wildman–Crippen MR) is 77.5 cm³/mol. The van der Waals surface area contributed by atoms with E-state index in [1.807, 2.05) is 18.2 Å². The fourth-order valence-electron chi connectivity index (χ4n) is 2.38. The molecule has 1 aromatic carbocycles. The number of carbonyl (C=O) groups excluding carboxylic acids is 1. The second-order valence-electron chi connectivity index (χ2n) is 5.05. The van der Waals surface area contributed by atoms with E-state index in [1.165, 1.54) is 11.1 Å². The molecule has 1 aliphatic rings. The van der Waals surface area contributed by atoms with Crippen LogP contribution in [-0.2, 0) is 27.2 Å². The first-order valence-electron chi connectivity index (χ1n) is 7.32. The average Bonchev–Trinajstić information content (AvgIpc) is 2.98. The van der Waals surface area contributed by atoms with E-state index in [-0.39, 0.29) is 18.6 Å². The minimum atomic E-state index is -0.0751. The third kappa shape index (κ3) is 4.62. The lowest BCUT2D eigenvalue weighted by Crippen LogP contribution is -2.29. The number of benzene rings is 1. The Morgan fingerprint density at radius 2 is 2.20 bits per heavy atom. The van der Waals surface area contributed by atoms with Crippen molar-refractivity contribution in [2.75, 3.05) is 19.8 Å². The summed E-state index contributed by atoms with van der Waals surface area (Å²) in [6, 6.07) is 8.16. The molecule has 2 rings (SSSR count). The highest BCUT2D eigenvalue weighted by molar-refractivity contribution is 5.77. The standard InChI is InChI=1S/C16H23NO3/c1-2-13-6-3-4-7-14(13)10-17-16(18)12-19-11-15-8-5-9-20-15/h3-4,6-7,15H,2,5,8-12H2,1H3,(H,17,18). The zero-order chi connectivity index (χ0) is 14.2. The van der Waals surface area contributed by atoms with Gasteiger partial charge in [0.1, 0.15) is 6.61 Å². The first kappa shape index (κ1) is 15.0. The van der Waals surface area contributed by atoms with Gasteiger partial charge in [0.05, 0.1) is 12.7 Å². The summed E-state index contributed by atoms with van der Waals surface area (Å²) in [5.41, 5.74) is 2.44. The maximum absolute atomic E-state index is 11.7. The van der Waals surface area contributed by atoms with Crippen molar-refractivity contribution < 1.29 is 14.3 Å². The Morgan fingerprint density at radius 1 is 1.40 bits per heavy atom. The smallest absolute Gasteiger partial charge is 0.246 e. The normalized spacial score (nSPS) is 18.1. The molecule has 1 amide bonds. The van der Waals surface area contributed by atoms with Gasteiger partial charge in [-0.1, -0.05) is 31.2 Å². The molecule has 1 heterocycles. The van der Waals surface area contributed by atoms with Gasteiger partial charge in [0.25, 0.3) is 0 Å². The predicted octanol–water partition coefficient (Wildman–Crippen LogP) is 2.06. The molecule has 0 aliphatic carbocycles. The molecule has 1 fully saturated rings. The highest BCUT2D eigenvalue weighted by Gasteiger charge is 2.15. The summed E-state index contributed by atoms with van der Waals surface area (Å²) in [7, 11) is 0. The lowest BCUT2D eigenvalue weighted by atomic mass is 10.1. The molecule has 4 nitrogen and oxygen atoms in total. The number of hydrogen-bond donors (Lipinski definition) is 1. The Bertz CT molecular complexity index is 427. The van der Waals surface area contributed by atoms with Gasteiger partial charge in [0.15, 0.2) is 0 Å². The van der Waals surface area contributed by atoms with Crippen molar-refractivity contribution in [1.82, 2.24) is 5.32 Å². The molecule has 1 saturated heterocycles. The molecule has 1 aromatic rings. The first-order valence-corrected chi connectivity index (χ1v) is 7.32. The number of rotatable bonds is 7. The Morgan fingerprint density at radius 3 is 2.90 bits per heavy atom. The van der Waals surface area contributed by atoms with E-state index in [2.05, 4.69) is 18.3 Å². The molecule has 0 radical (unpaired) electrons. The van der Waals surface area contributed by atoms with Crippen molar-refractivity contribution in [1.29, 1.82) is 0 Å². The van der Waals surface area contributed by atoms with Gasteiger partial charge in [0.2, 0.25) is 5.91 Å². The van der Waals surface area contributed by atoms with E-state index in [4.69, 9.17) is 9.47 Å². The van der Waals surface area contributed by atoms with Gasteiger partial charge in [0, 0.05) is 13.2 Å². The molecule has 20 heavy (non-hydrogen) atoms. The van der Waals surface area contributed by atoms with Crippen LogP contribution in [0.25, 0.3) is 0 Å². The van der Waals surface area contributed by atoms with Crippen LogP contribution in [0.4, 0.5) is 0 Å². The van der Waals surface area contributed by atoms with Crippen LogP contribution < -0.4 is 5.32 Å². The molecule has 0 saturated carbocycles. The van der Waals surface area contributed by atoms with Gasteiger partial charge in [-0.3, -0.25) is 4.79 Å². The zero-order valence-electron chi connectivity index (χ0n) is 12.1. The Balaban J connectivity index is 1.66. The summed E-state index contributed by atoms with van der Waals surface area (Å²) >= 11 is 0. The van der Waals surface area contributed by atoms with Crippen LogP contribution in [0.5, 0.6) is 0 Å². The lowest BCUT2D eigenvalue weighted by molar-refractivity contribution is -0.127. The topological polar surface area (TPSA) is 47.6 Å². The number of hydrogen-bond acceptors (Lipinski definition) is 3. The van der Waals surface area contributed by atoms with Crippen molar-refractivity contribution in [3.63, 3.8) is 0 Å². The number of ether oxygens (including phenoxy) is 2. The van der Waals surface area contributed by atoms with Crippen LogP contribution >= 0.6 is 0 Å². The number of carbonyl (C=O) groups is 1. The fraction of sp³-hybridized carbons (Fsp3) is 0.562. The van der Waals surface area contributed by atoms with Crippen molar-refractivity contribution in [3.8, 4) is 0 Å². The summed E-state index contributed by atoms with van der Waals surface area (Å²) in [6.07, 6.45) is 3.27. The molecule has 1 unspecified atom stereocenters. The molecule has 1 atom stereocenters. The fourth-order valence-corrected chi connectivity index (χ4v) is 2.38. The SMILES string of the molecule is CCc1ccccc1CNC(=O)COCC1CCCO1. The van der Waals surface area contributed by atoms with E-state index in [1.54, 1.807) is 0 Å². The molecule has 1 N–H and O–H groups in total. The van der Waals surface area contributed by atoms with Crippen molar-refractivity contribution in [2.24, 2.45) is 0 Å². The van der Waals surface area contributed by atoms with Gasteiger partial charge in [-0.2, -0.15) is 0 Å². The summed E-state index contributed by atoms with van der Waals surface area (Å²) in [5.74, 6) is -0.0751. The van der Waals surface area contributed by atoms with Crippen molar-refractivity contribution in [2.45, 2.75) is 38.8 Å². The summed E-state index contributed by atoms with van der Waals surface area (Å²) in [5, 5.41) is 2.89. The average molecular weight is 277 g/mol. The lowest BCUT2D eigenvalue weighted by Gasteiger charge is -2.11. The Kier molecular flexibility index (Phi) is 6.02. The third-order valence-corrected chi connectivity index (χ3v) is 3.54. The number of nitrogens with one attached hydrogen (secondary N) is 1. The molecular formula is C16H23NO3. The van der Waals surface area contributed by atoms with Gasteiger partial charge in [-0.05, 0) is 30.4 Å². The van der Waals surface area contributed by atoms with Crippen LogP contribution in [0.3, 0.4) is 0 Å². The van der Waals surface area contributed by atoms with Gasteiger partial charge < -0.3 is 14.8 Å². The molecule has 1 aliphatic heterocycles. The van der Waals surface area contributed by atoms with Crippen LogP contribution in [0, 0.1) is 0 Å². The van der Waals surface area contributed by atoms with E-state index < -0.39 is 0 Å². The maximum Gasteiger partial charge on any atom is 0.246 e. The van der Waals surface area contributed by atoms with E-state index in [0.717, 1.165) is 25.9 Å². The molecular weight excluding hydrogens is 254 g/mol. The van der Waals surface area contributed by atoms with Crippen LogP contribution in [0.15, 0.2) is 24.3 Å². The van der Waals surface area contributed by atoms with Crippen molar-refractivity contribution >= 4 is 5.91 Å². The third-order valence-electron chi connectivity index (χ3n) is 3.54. The molecule has 0 bridgehead atoms. The Labute approximate surface area is 120 Å². The highest BCUT2D eigenvalue weighted by Crippen LogP contribution is 2.12. The second-order valence-corrected chi connectivity index (χ2v) is 5.05. The molecule has 0 spiro atoms.